The Balaban J connectivity index is 2.03. The molecular weight excluding hydrogens is 278 g/mol. The van der Waals surface area contributed by atoms with Gasteiger partial charge in [0.05, 0.1) is 6.04 Å². The molecule has 1 unspecified atom stereocenters. The minimum Gasteiger partial charge on any atom is -0.364 e. The van der Waals surface area contributed by atoms with E-state index in [9.17, 15) is 8.42 Å². The Labute approximate surface area is 117 Å². The lowest BCUT2D eigenvalue weighted by Gasteiger charge is -2.23. The molecular formula is C13H17N3O3S. The van der Waals surface area contributed by atoms with Crippen molar-refractivity contribution in [3.05, 3.63) is 35.5 Å². The van der Waals surface area contributed by atoms with E-state index in [1.54, 1.807) is 18.2 Å². The summed E-state index contributed by atoms with van der Waals surface area (Å²) in [6.45, 7) is 3.81. The first-order valence-corrected chi connectivity index (χ1v) is 8.04. The highest BCUT2D eigenvalue weighted by atomic mass is 32.2. The topological polar surface area (TPSA) is 79.2 Å². The molecule has 0 radical (unpaired) electrons. The second kappa shape index (κ2) is 4.75. The van der Waals surface area contributed by atoms with Crippen LogP contribution in [0.1, 0.15) is 36.0 Å². The predicted molar refractivity (Wildman–Crippen MR) is 72.6 cm³/mol. The van der Waals surface area contributed by atoms with E-state index >= 15 is 0 Å². The monoisotopic (exact) mass is 295 g/mol. The first-order valence-electron chi connectivity index (χ1n) is 6.60. The first kappa shape index (κ1) is 13.4. The van der Waals surface area contributed by atoms with Crippen LogP contribution in [-0.4, -0.2) is 29.4 Å². The van der Waals surface area contributed by atoms with Crippen molar-refractivity contribution in [1.29, 1.82) is 0 Å². The normalized spacial score (nSPS) is 20.6. The molecule has 1 aliphatic heterocycles. The Bertz CT molecular complexity index is 684. The fourth-order valence-electron chi connectivity index (χ4n) is 2.85. The Kier molecular flexibility index (Phi) is 3.18. The third-order valence-corrected chi connectivity index (χ3v) is 5.87. The molecule has 2 aromatic rings. The van der Waals surface area contributed by atoms with E-state index < -0.39 is 10.0 Å². The second-order valence-corrected chi connectivity index (χ2v) is 6.88. The van der Waals surface area contributed by atoms with Crippen molar-refractivity contribution in [1.82, 2.24) is 14.4 Å². The van der Waals surface area contributed by atoms with E-state index in [1.807, 2.05) is 18.3 Å². The number of sulfonamides is 1. The molecule has 20 heavy (non-hydrogen) atoms. The van der Waals surface area contributed by atoms with Crippen LogP contribution in [0.3, 0.4) is 0 Å². The predicted octanol–water partition coefficient (Wildman–Crippen LogP) is 2.15. The number of aromatic nitrogens is 2. The van der Waals surface area contributed by atoms with Gasteiger partial charge in [0.15, 0.2) is 5.76 Å². The zero-order chi connectivity index (χ0) is 14.3. The molecule has 1 N–H and O–H groups in total. The third kappa shape index (κ3) is 1.97. The standard InChI is InChI=1S/C13H17N3O3S/c1-9-13(10(2)19-15-9)20(17,18)16-8-4-6-12(16)11-5-3-7-14-11/h3,5,7,12,14H,4,6,8H2,1-2H3. The van der Waals surface area contributed by atoms with E-state index in [0.717, 1.165) is 18.5 Å². The van der Waals surface area contributed by atoms with Crippen LogP contribution < -0.4 is 0 Å². The maximum absolute atomic E-state index is 12.9. The number of aryl methyl sites for hydroxylation is 2. The Morgan fingerprint density at radius 2 is 2.25 bits per heavy atom. The largest absolute Gasteiger partial charge is 0.364 e. The van der Waals surface area contributed by atoms with Crippen LogP contribution in [-0.2, 0) is 10.0 Å². The maximum atomic E-state index is 12.9. The van der Waals surface area contributed by atoms with Crippen molar-refractivity contribution in [2.45, 2.75) is 37.6 Å². The molecule has 3 heterocycles. The van der Waals surface area contributed by atoms with Gasteiger partial charge in [0.25, 0.3) is 0 Å². The molecule has 0 saturated carbocycles. The van der Waals surface area contributed by atoms with Gasteiger partial charge < -0.3 is 9.51 Å². The Morgan fingerprint density at radius 1 is 1.45 bits per heavy atom. The van der Waals surface area contributed by atoms with Gasteiger partial charge in [0, 0.05) is 18.4 Å². The van der Waals surface area contributed by atoms with Crippen molar-refractivity contribution in [2.24, 2.45) is 0 Å². The van der Waals surface area contributed by atoms with E-state index in [2.05, 4.69) is 10.1 Å². The molecule has 3 rings (SSSR count). The first-order chi connectivity index (χ1) is 9.51. The fourth-order valence-corrected chi connectivity index (χ4v) is 4.82. The number of rotatable bonds is 3. The summed E-state index contributed by atoms with van der Waals surface area (Å²) in [6.07, 6.45) is 3.49. The van der Waals surface area contributed by atoms with Crippen molar-refractivity contribution in [3.63, 3.8) is 0 Å². The average molecular weight is 295 g/mol. The van der Waals surface area contributed by atoms with Gasteiger partial charge in [-0.1, -0.05) is 5.16 Å². The molecule has 0 amide bonds. The van der Waals surface area contributed by atoms with Crippen molar-refractivity contribution in [3.8, 4) is 0 Å². The summed E-state index contributed by atoms with van der Waals surface area (Å²) in [6, 6.07) is 3.67. The van der Waals surface area contributed by atoms with Gasteiger partial charge in [-0.05, 0) is 38.8 Å². The molecule has 0 aliphatic carbocycles. The molecule has 1 saturated heterocycles. The van der Waals surface area contributed by atoms with E-state index in [0.29, 0.717) is 18.0 Å². The minimum absolute atomic E-state index is 0.135. The lowest BCUT2D eigenvalue weighted by atomic mass is 10.2. The zero-order valence-corrected chi connectivity index (χ0v) is 12.3. The summed E-state index contributed by atoms with van der Waals surface area (Å²) in [7, 11) is -3.57. The highest BCUT2D eigenvalue weighted by molar-refractivity contribution is 7.89. The molecule has 0 spiro atoms. The maximum Gasteiger partial charge on any atom is 0.249 e. The Hall–Kier alpha value is -1.60. The van der Waals surface area contributed by atoms with Gasteiger partial charge in [-0.3, -0.25) is 0 Å². The third-order valence-electron chi connectivity index (χ3n) is 3.72. The Morgan fingerprint density at radius 3 is 2.85 bits per heavy atom. The second-order valence-electron chi connectivity index (χ2n) is 5.05. The molecule has 7 heteroatoms. The zero-order valence-electron chi connectivity index (χ0n) is 11.5. The van der Waals surface area contributed by atoms with E-state index in [1.165, 1.54) is 0 Å². The molecule has 0 aromatic carbocycles. The highest BCUT2D eigenvalue weighted by Crippen LogP contribution is 2.37. The summed E-state index contributed by atoms with van der Waals surface area (Å²) >= 11 is 0. The van der Waals surface area contributed by atoms with Gasteiger partial charge in [-0.25, -0.2) is 8.42 Å². The van der Waals surface area contributed by atoms with Gasteiger partial charge in [0.1, 0.15) is 10.6 Å². The summed E-state index contributed by atoms with van der Waals surface area (Å²) in [5.74, 6) is 0.347. The van der Waals surface area contributed by atoms with Crippen LogP contribution in [0.5, 0.6) is 0 Å². The highest BCUT2D eigenvalue weighted by Gasteiger charge is 2.39. The molecule has 0 bridgehead atoms. The molecule has 2 aromatic heterocycles. The van der Waals surface area contributed by atoms with Gasteiger partial charge in [0.2, 0.25) is 10.0 Å². The summed E-state index contributed by atoms with van der Waals surface area (Å²) in [5, 5.41) is 3.75. The quantitative estimate of drug-likeness (QED) is 0.941. The van der Waals surface area contributed by atoms with E-state index in [-0.39, 0.29) is 10.9 Å². The molecule has 1 aliphatic rings. The van der Waals surface area contributed by atoms with E-state index in [4.69, 9.17) is 4.52 Å². The van der Waals surface area contributed by atoms with Crippen LogP contribution in [0.15, 0.2) is 27.7 Å². The molecule has 6 nitrogen and oxygen atoms in total. The molecule has 1 fully saturated rings. The lowest BCUT2D eigenvalue weighted by molar-refractivity contribution is 0.382. The summed E-state index contributed by atoms with van der Waals surface area (Å²) in [5.41, 5.74) is 1.34. The van der Waals surface area contributed by atoms with Gasteiger partial charge in [-0.2, -0.15) is 4.31 Å². The van der Waals surface area contributed by atoms with Crippen LogP contribution in [0.4, 0.5) is 0 Å². The summed E-state index contributed by atoms with van der Waals surface area (Å²) in [4.78, 5) is 3.32. The number of aromatic amines is 1. The smallest absolute Gasteiger partial charge is 0.249 e. The van der Waals surface area contributed by atoms with Crippen LogP contribution >= 0.6 is 0 Å². The minimum atomic E-state index is -3.57. The fraction of sp³-hybridized carbons (Fsp3) is 0.462. The van der Waals surface area contributed by atoms with Crippen LogP contribution in [0.2, 0.25) is 0 Å². The number of nitrogens with one attached hydrogen (secondary N) is 1. The van der Waals surface area contributed by atoms with Gasteiger partial charge >= 0.3 is 0 Å². The van der Waals surface area contributed by atoms with Crippen molar-refractivity contribution < 1.29 is 12.9 Å². The van der Waals surface area contributed by atoms with Crippen molar-refractivity contribution >= 4 is 10.0 Å². The molecule has 1 atom stereocenters. The number of nitrogens with zero attached hydrogens (tertiary/aromatic N) is 2. The number of hydrogen-bond acceptors (Lipinski definition) is 4. The number of hydrogen-bond donors (Lipinski definition) is 1. The average Bonchev–Trinajstić information content (AvgIpc) is 3.08. The van der Waals surface area contributed by atoms with Gasteiger partial charge in [-0.15, -0.1) is 0 Å². The van der Waals surface area contributed by atoms with Crippen LogP contribution in [0, 0.1) is 13.8 Å². The summed E-state index contributed by atoms with van der Waals surface area (Å²) < 4.78 is 32.3. The lowest BCUT2D eigenvalue weighted by Crippen LogP contribution is -2.31. The number of H-pyrrole nitrogens is 1. The van der Waals surface area contributed by atoms with Crippen molar-refractivity contribution in [2.75, 3.05) is 6.54 Å². The SMILES string of the molecule is Cc1noc(C)c1S(=O)(=O)N1CCCC1c1ccc[nH]1. The van der Waals surface area contributed by atoms with Crippen LogP contribution in [0.25, 0.3) is 0 Å². The molecule has 108 valence electrons.